The molecule has 3 N–H and O–H groups in total. The number of hydrogen-bond donors (Lipinski definition) is 2. The van der Waals surface area contributed by atoms with Crippen LogP contribution >= 0.6 is 0 Å². The van der Waals surface area contributed by atoms with Gasteiger partial charge in [-0.05, 0) is 0 Å². The van der Waals surface area contributed by atoms with Crippen molar-refractivity contribution in [3.63, 3.8) is 0 Å². The lowest BCUT2D eigenvalue weighted by atomic mass is 10.2. The zero-order valence-electron chi connectivity index (χ0n) is 8.99. The SMILES string of the molecule is Nc1c(NCCN2CCOCC2)c(=O)c1=O. The summed E-state index contributed by atoms with van der Waals surface area (Å²) in [6.45, 7) is 4.76. The van der Waals surface area contributed by atoms with E-state index in [1.807, 2.05) is 0 Å². The third kappa shape index (κ3) is 2.07. The molecule has 1 saturated heterocycles. The number of anilines is 2. The minimum absolute atomic E-state index is 0.0620. The summed E-state index contributed by atoms with van der Waals surface area (Å²) in [7, 11) is 0. The maximum absolute atomic E-state index is 11.1. The highest BCUT2D eigenvalue weighted by Gasteiger charge is 2.17. The van der Waals surface area contributed by atoms with Crippen LogP contribution in [-0.2, 0) is 4.74 Å². The van der Waals surface area contributed by atoms with Gasteiger partial charge >= 0.3 is 0 Å². The molecule has 6 heteroatoms. The summed E-state index contributed by atoms with van der Waals surface area (Å²) in [5, 5.41) is 2.90. The molecule has 16 heavy (non-hydrogen) atoms. The monoisotopic (exact) mass is 225 g/mol. The fraction of sp³-hybridized carbons (Fsp3) is 0.600. The molecule has 0 amide bonds. The van der Waals surface area contributed by atoms with Crippen molar-refractivity contribution in [2.24, 2.45) is 0 Å². The van der Waals surface area contributed by atoms with E-state index in [1.54, 1.807) is 0 Å². The highest BCUT2D eigenvalue weighted by molar-refractivity contribution is 5.71. The summed E-state index contributed by atoms with van der Waals surface area (Å²) in [5.74, 6) is 0. The Kier molecular flexibility index (Phi) is 3.21. The fourth-order valence-electron chi connectivity index (χ4n) is 1.75. The number of ether oxygens (including phenoxy) is 1. The highest BCUT2D eigenvalue weighted by Crippen LogP contribution is 2.08. The largest absolute Gasteiger partial charge is 0.394 e. The first-order valence-corrected chi connectivity index (χ1v) is 5.33. The molecule has 0 atom stereocenters. The molecular weight excluding hydrogens is 210 g/mol. The first-order chi connectivity index (χ1) is 7.70. The summed E-state index contributed by atoms with van der Waals surface area (Å²) in [4.78, 5) is 24.1. The first-order valence-electron chi connectivity index (χ1n) is 5.33. The average Bonchev–Trinajstić information content (AvgIpc) is 2.34. The number of nitrogens with zero attached hydrogens (tertiary/aromatic N) is 1. The predicted octanol–water partition coefficient (Wildman–Crippen LogP) is -1.39. The summed E-state index contributed by atoms with van der Waals surface area (Å²) < 4.78 is 5.22. The molecule has 0 bridgehead atoms. The van der Waals surface area contributed by atoms with Crippen molar-refractivity contribution in [3.05, 3.63) is 20.4 Å². The Balaban J connectivity index is 1.76. The van der Waals surface area contributed by atoms with Gasteiger partial charge in [0.05, 0.1) is 13.2 Å². The lowest BCUT2D eigenvalue weighted by molar-refractivity contribution is 0.0398. The van der Waals surface area contributed by atoms with Gasteiger partial charge < -0.3 is 15.8 Å². The maximum atomic E-state index is 11.1. The third-order valence-electron chi connectivity index (χ3n) is 2.78. The number of morpholine rings is 1. The van der Waals surface area contributed by atoms with E-state index < -0.39 is 10.9 Å². The van der Waals surface area contributed by atoms with Crippen LogP contribution in [0.2, 0.25) is 0 Å². The molecule has 2 rings (SSSR count). The van der Waals surface area contributed by atoms with E-state index in [9.17, 15) is 9.59 Å². The van der Waals surface area contributed by atoms with E-state index in [0.29, 0.717) is 6.54 Å². The summed E-state index contributed by atoms with van der Waals surface area (Å²) in [6.07, 6.45) is 0. The smallest absolute Gasteiger partial charge is 0.253 e. The van der Waals surface area contributed by atoms with Crippen LogP contribution in [0.3, 0.4) is 0 Å². The second-order valence-electron chi connectivity index (χ2n) is 3.83. The predicted molar refractivity (Wildman–Crippen MR) is 61.5 cm³/mol. The van der Waals surface area contributed by atoms with Crippen LogP contribution in [-0.4, -0.2) is 44.3 Å². The van der Waals surface area contributed by atoms with Gasteiger partial charge in [0.25, 0.3) is 10.9 Å². The van der Waals surface area contributed by atoms with Gasteiger partial charge in [-0.1, -0.05) is 0 Å². The molecule has 6 nitrogen and oxygen atoms in total. The lowest BCUT2D eigenvalue weighted by Crippen LogP contribution is -2.41. The number of nitrogens with one attached hydrogen (secondary N) is 1. The van der Waals surface area contributed by atoms with Crippen molar-refractivity contribution in [2.75, 3.05) is 50.4 Å². The van der Waals surface area contributed by atoms with Gasteiger partial charge in [-0.15, -0.1) is 0 Å². The van der Waals surface area contributed by atoms with Crippen LogP contribution in [0.15, 0.2) is 9.59 Å². The van der Waals surface area contributed by atoms with E-state index >= 15 is 0 Å². The second-order valence-corrected chi connectivity index (χ2v) is 3.83. The molecule has 1 aromatic rings. The molecular formula is C10H15N3O3. The van der Waals surface area contributed by atoms with Crippen LogP contribution in [0.5, 0.6) is 0 Å². The van der Waals surface area contributed by atoms with E-state index in [1.165, 1.54) is 0 Å². The Hall–Kier alpha value is -1.40. The van der Waals surface area contributed by atoms with E-state index in [-0.39, 0.29) is 11.4 Å². The molecule has 0 saturated carbocycles. The lowest BCUT2D eigenvalue weighted by Gasteiger charge is -2.26. The molecule has 1 fully saturated rings. The Labute approximate surface area is 92.7 Å². The second kappa shape index (κ2) is 4.63. The van der Waals surface area contributed by atoms with Crippen molar-refractivity contribution >= 4 is 11.4 Å². The van der Waals surface area contributed by atoms with Crippen LogP contribution < -0.4 is 21.9 Å². The quantitative estimate of drug-likeness (QED) is 0.614. The van der Waals surface area contributed by atoms with Gasteiger partial charge in [-0.2, -0.15) is 0 Å². The topological polar surface area (TPSA) is 84.7 Å². The Morgan fingerprint density at radius 2 is 1.94 bits per heavy atom. The molecule has 0 unspecified atom stereocenters. The summed E-state index contributed by atoms with van der Waals surface area (Å²) in [6, 6.07) is 0. The minimum atomic E-state index is -0.575. The van der Waals surface area contributed by atoms with Gasteiger partial charge in [-0.3, -0.25) is 14.5 Å². The molecule has 0 radical (unpaired) electrons. The van der Waals surface area contributed by atoms with Crippen LogP contribution in [0.1, 0.15) is 0 Å². The van der Waals surface area contributed by atoms with Gasteiger partial charge in [0.15, 0.2) is 0 Å². The minimum Gasteiger partial charge on any atom is -0.394 e. The van der Waals surface area contributed by atoms with Crippen LogP contribution in [0.25, 0.3) is 0 Å². The Bertz CT molecular complexity index is 430. The van der Waals surface area contributed by atoms with E-state index in [4.69, 9.17) is 10.5 Å². The molecule has 1 aromatic carbocycles. The van der Waals surface area contributed by atoms with E-state index in [0.717, 1.165) is 32.8 Å². The van der Waals surface area contributed by atoms with Crippen molar-refractivity contribution in [1.82, 2.24) is 4.90 Å². The molecule has 0 spiro atoms. The number of nitrogens with two attached hydrogens (primary N) is 1. The van der Waals surface area contributed by atoms with Crippen LogP contribution in [0.4, 0.5) is 11.4 Å². The number of nitrogen functional groups attached to an aromatic ring is 1. The molecule has 1 heterocycles. The van der Waals surface area contributed by atoms with Gasteiger partial charge in [0, 0.05) is 26.2 Å². The highest BCUT2D eigenvalue weighted by atomic mass is 16.5. The van der Waals surface area contributed by atoms with Crippen LogP contribution in [0, 0.1) is 0 Å². The summed E-state index contributed by atoms with van der Waals surface area (Å²) >= 11 is 0. The number of rotatable bonds is 4. The van der Waals surface area contributed by atoms with Gasteiger partial charge in [0.1, 0.15) is 11.4 Å². The van der Waals surface area contributed by atoms with Gasteiger partial charge in [0.2, 0.25) is 0 Å². The van der Waals surface area contributed by atoms with Crippen molar-refractivity contribution in [1.29, 1.82) is 0 Å². The normalized spacial score (nSPS) is 17.8. The summed E-state index contributed by atoms with van der Waals surface area (Å²) in [5.41, 5.74) is 4.65. The average molecular weight is 225 g/mol. The molecule has 1 aliphatic heterocycles. The number of hydrogen-bond acceptors (Lipinski definition) is 6. The zero-order valence-corrected chi connectivity index (χ0v) is 8.99. The van der Waals surface area contributed by atoms with Crippen molar-refractivity contribution < 1.29 is 4.74 Å². The third-order valence-corrected chi connectivity index (χ3v) is 2.78. The standard InChI is InChI=1S/C10H15N3O3/c11-7-8(10(15)9(7)14)12-1-2-13-3-5-16-6-4-13/h12H,1-6,11H2. The maximum Gasteiger partial charge on any atom is 0.253 e. The molecule has 0 aromatic heterocycles. The van der Waals surface area contributed by atoms with Gasteiger partial charge in [-0.25, -0.2) is 0 Å². The van der Waals surface area contributed by atoms with Crippen molar-refractivity contribution in [2.45, 2.75) is 0 Å². The van der Waals surface area contributed by atoms with E-state index in [2.05, 4.69) is 10.2 Å². The molecule has 0 aliphatic carbocycles. The Morgan fingerprint density at radius 1 is 1.25 bits per heavy atom. The Morgan fingerprint density at radius 3 is 2.56 bits per heavy atom. The molecule has 1 aliphatic rings. The zero-order chi connectivity index (χ0) is 11.5. The molecule has 88 valence electrons. The van der Waals surface area contributed by atoms with Crippen molar-refractivity contribution in [3.8, 4) is 0 Å². The fourth-order valence-corrected chi connectivity index (χ4v) is 1.75. The first kappa shape index (κ1) is 11.1.